The first-order valence-electron chi connectivity index (χ1n) is 10.6. The molecule has 176 valence electrons. The van der Waals surface area contributed by atoms with Crippen molar-refractivity contribution in [1.29, 1.82) is 0 Å². The Kier molecular flexibility index (Phi) is 6.54. The molecule has 3 aromatic carbocycles. The lowest BCUT2D eigenvalue weighted by atomic mass is 10.1. The molecule has 0 amide bonds. The summed E-state index contributed by atoms with van der Waals surface area (Å²) >= 11 is 0. The molecule has 0 fully saturated rings. The van der Waals surface area contributed by atoms with Crippen LogP contribution >= 0.6 is 0 Å². The van der Waals surface area contributed by atoms with E-state index < -0.39 is 17.4 Å². The Labute approximate surface area is 192 Å². The number of aryl methyl sites for hydroxylation is 3. The van der Waals surface area contributed by atoms with Crippen LogP contribution in [0.2, 0.25) is 0 Å². The summed E-state index contributed by atoms with van der Waals surface area (Å²) < 4.78 is 55.3. The van der Waals surface area contributed by atoms with Crippen molar-refractivity contribution in [3.8, 4) is 11.4 Å². The number of aromatic hydroxyl groups is 1. The number of benzene rings is 3. The number of rotatable bonds is 7. The molecule has 0 aliphatic carbocycles. The highest BCUT2D eigenvalue weighted by Crippen LogP contribution is 2.29. The van der Waals surface area contributed by atoms with Crippen LogP contribution in [-0.2, 0) is 32.0 Å². The molecule has 0 aliphatic heterocycles. The maximum atomic E-state index is 14.1. The van der Waals surface area contributed by atoms with Crippen molar-refractivity contribution in [1.82, 2.24) is 14.3 Å². The lowest BCUT2D eigenvalue weighted by Gasteiger charge is -2.07. The van der Waals surface area contributed by atoms with Gasteiger partial charge in [-0.1, -0.05) is 30.3 Å². The quantitative estimate of drug-likeness (QED) is 0.389. The van der Waals surface area contributed by atoms with E-state index in [9.17, 15) is 27.5 Å². The van der Waals surface area contributed by atoms with Gasteiger partial charge in [0.2, 0.25) is 0 Å². The summed E-state index contributed by atoms with van der Waals surface area (Å²) in [4.78, 5) is 13.1. The first-order chi connectivity index (χ1) is 16.2. The average molecular weight is 471 g/mol. The van der Waals surface area contributed by atoms with E-state index >= 15 is 0 Å². The van der Waals surface area contributed by atoms with Crippen molar-refractivity contribution < 1.29 is 22.7 Å². The molecule has 4 rings (SSSR count). The second-order valence-corrected chi connectivity index (χ2v) is 7.81. The molecule has 34 heavy (non-hydrogen) atoms. The highest BCUT2D eigenvalue weighted by atomic mass is 19.4. The number of nitrogens with zero attached hydrogens (tertiary/aromatic N) is 3. The Hall–Kier alpha value is -3.88. The van der Waals surface area contributed by atoms with E-state index in [0.29, 0.717) is 24.2 Å². The van der Waals surface area contributed by atoms with E-state index in [1.807, 2.05) is 0 Å². The summed E-state index contributed by atoms with van der Waals surface area (Å²) in [6.07, 6.45) is -3.36. The molecule has 0 bridgehead atoms. The monoisotopic (exact) mass is 471 g/mol. The number of phenols is 1. The number of halogens is 4. The predicted octanol–water partition coefficient (Wildman–Crippen LogP) is 4.93. The maximum Gasteiger partial charge on any atom is 0.416 e. The summed E-state index contributed by atoms with van der Waals surface area (Å²) in [7, 11) is 0. The highest BCUT2D eigenvalue weighted by Gasteiger charge is 2.30. The lowest BCUT2D eigenvalue weighted by molar-refractivity contribution is -0.137. The van der Waals surface area contributed by atoms with Gasteiger partial charge in [-0.3, -0.25) is 4.57 Å². The molecule has 9 heteroatoms. The van der Waals surface area contributed by atoms with Crippen molar-refractivity contribution in [2.24, 2.45) is 0 Å². The summed E-state index contributed by atoms with van der Waals surface area (Å²) in [6, 6.07) is 17.1. The zero-order valence-electron chi connectivity index (χ0n) is 18.0. The molecular weight excluding hydrogens is 450 g/mol. The summed E-state index contributed by atoms with van der Waals surface area (Å²) in [5.74, 6) is 0.183. The van der Waals surface area contributed by atoms with Crippen LogP contribution in [-0.4, -0.2) is 19.5 Å². The van der Waals surface area contributed by atoms with Gasteiger partial charge < -0.3 is 5.11 Å². The molecule has 5 nitrogen and oxygen atoms in total. The molecule has 0 saturated heterocycles. The molecule has 0 unspecified atom stereocenters. The third kappa shape index (κ3) is 5.19. The normalized spacial score (nSPS) is 11.6. The number of aromatic nitrogens is 3. The summed E-state index contributed by atoms with van der Waals surface area (Å²) in [6.45, 7) is 0.158. The van der Waals surface area contributed by atoms with Crippen molar-refractivity contribution in [3.05, 3.63) is 112 Å². The van der Waals surface area contributed by atoms with Crippen molar-refractivity contribution in [2.45, 2.75) is 32.0 Å². The van der Waals surface area contributed by atoms with Gasteiger partial charge in [0, 0.05) is 13.0 Å². The molecule has 1 aromatic heterocycles. The third-order valence-electron chi connectivity index (χ3n) is 5.51. The second kappa shape index (κ2) is 9.54. The van der Waals surface area contributed by atoms with E-state index in [-0.39, 0.29) is 30.2 Å². The van der Waals surface area contributed by atoms with Crippen molar-refractivity contribution >= 4 is 0 Å². The van der Waals surface area contributed by atoms with Crippen molar-refractivity contribution in [2.75, 3.05) is 0 Å². The van der Waals surface area contributed by atoms with Crippen LogP contribution < -0.4 is 5.69 Å². The zero-order chi connectivity index (χ0) is 24.3. The molecule has 0 atom stereocenters. The Morgan fingerprint density at radius 3 is 2.18 bits per heavy atom. The molecule has 1 heterocycles. The van der Waals surface area contributed by atoms with Gasteiger partial charge in [-0.25, -0.2) is 9.18 Å². The van der Waals surface area contributed by atoms with Crippen molar-refractivity contribution in [3.63, 3.8) is 0 Å². The number of alkyl halides is 3. The predicted molar refractivity (Wildman–Crippen MR) is 118 cm³/mol. The number of hydrogen-bond acceptors (Lipinski definition) is 3. The van der Waals surface area contributed by atoms with Crippen LogP contribution in [0, 0.1) is 5.82 Å². The van der Waals surface area contributed by atoms with Crippen LogP contribution in [0.5, 0.6) is 5.75 Å². The van der Waals surface area contributed by atoms with Gasteiger partial charge in [0.05, 0.1) is 11.3 Å². The molecule has 0 aliphatic rings. The van der Waals surface area contributed by atoms with Crippen LogP contribution in [0.25, 0.3) is 5.69 Å². The maximum absolute atomic E-state index is 14.1. The molecule has 0 radical (unpaired) electrons. The molecule has 1 N–H and O–H groups in total. The minimum Gasteiger partial charge on any atom is -0.508 e. The van der Waals surface area contributed by atoms with Gasteiger partial charge in [-0.2, -0.15) is 17.9 Å². The van der Waals surface area contributed by atoms with Crippen LogP contribution in [0.15, 0.2) is 77.6 Å². The average Bonchev–Trinajstić information content (AvgIpc) is 3.13. The topological polar surface area (TPSA) is 60.1 Å². The summed E-state index contributed by atoms with van der Waals surface area (Å²) in [5.41, 5.74) is 0.220. The lowest BCUT2D eigenvalue weighted by Crippen LogP contribution is -2.25. The van der Waals surface area contributed by atoms with E-state index in [0.717, 1.165) is 22.4 Å². The SMILES string of the molecule is O=c1n(-c2ccc(C(F)(F)F)cc2)nc(CCc2ccc(O)cc2)n1CCc1ccccc1F. The smallest absolute Gasteiger partial charge is 0.416 e. The molecule has 0 saturated carbocycles. The molecule has 4 aromatic rings. The highest BCUT2D eigenvalue weighted by molar-refractivity contribution is 5.35. The van der Waals surface area contributed by atoms with Gasteiger partial charge in [-0.15, -0.1) is 5.10 Å². The van der Waals surface area contributed by atoms with E-state index in [1.54, 1.807) is 42.5 Å². The second-order valence-electron chi connectivity index (χ2n) is 7.81. The molecular formula is C25H21F4N3O2. The number of phenolic OH excluding ortho intramolecular Hbond substituents is 1. The fourth-order valence-electron chi connectivity index (χ4n) is 3.66. The Morgan fingerprint density at radius 2 is 1.53 bits per heavy atom. The van der Waals surface area contributed by atoms with Crippen LogP contribution in [0.3, 0.4) is 0 Å². The Morgan fingerprint density at radius 1 is 0.853 bits per heavy atom. The van der Waals surface area contributed by atoms with Gasteiger partial charge in [-0.05, 0) is 66.4 Å². The Balaban J connectivity index is 1.65. The minimum absolute atomic E-state index is 0.136. The fourth-order valence-corrected chi connectivity index (χ4v) is 3.66. The first kappa shape index (κ1) is 23.3. The third-order valence-corrected chi connectivity index (χ3v) is 5.51. The van der Waals surface area contributed by atoms with Crippen LogP contribution in [0.4, 0.5) is 17.6 Å². The van der Waals surface area contributed by atoms with Gasteiger partial charge in [0.25, 0.3) is 0 Å². The van der Waals surface area contributed by atoms with E-state index in [1.165, 1.54) is 22.8 Å². The standard InChI is InChI=1S/C25H21F4N3O2/c26-22-4-2-1-3-18(22)15-16-31-23(14-7-17-5-12-21(33)13-6-17)30-32(24(31)34)20-10-8-19(9-11-20)25(27,28)29/h1-6,8-13,33H,7,14-16H2. The van der Waals surface area contributed by atoms with Crippen LogP contribution in [0.1, 0.15) is 22.5 Å². The number of hydrogen-bond donors (Lipinski definition) is 1. The van der Waals surface area contributed by atoms with Gasteiger partial charge in [0.15, 0.2) is 0 Å². The zero-order valence-corrected chi connectivity index (χ0v) is 18.0. The van der Waals surface area contributed by atoms with Gasteiger partial charge in [0.1, 0.15) is 17.4 Å². The largest absolute Gasteiger partial charge is 0.508 e. The van der Waals surface area contributed by atoms with E-state index in [4.69, 9.17) is 0 Å². The molecule has 0 spiro atoms. The Bertz CT molecular complexity index is 1320. The van der Waals surface area contributed by atoms with Gasteiger partial charge >= 0.3 is 11.9 Å². The minimum atomic E-state index is -4.49. The first-order valence-corrected chi connectivity index (χ1v) is 10.6. The van der Waals surface area contributed by atoms with E-state index in [2.05, 4.69) is 5.10 Å². The fraction of sp³-hybridized carbons (Fsp3) is 0.200. The summed E-state index contributed by atoms with van der Waals surface area (Å²) in [5, 5.41) is 13.8.